The van der Waals surface area contributed by atoms with Crippen LogP contribution in [0.2, 0.25) is 0 Å². The number of aromatic nitrogens is 1. The molecule has 0 fully saturated rings. The molecule has 1 aromatic heterocycles. The quantitative estimate of drug-likeness (QED) is 0.744. The smallest absolute Gasteiger partial charge is 0.267 e. The standard InChI is InChI=1S/C13H14N2O2/c16-9-11-5-2-1-4-10(11)8-15-13(17)12-6-3-7-14-12/h1-7,14,16H,8-9H2,(H,15,17). The minimum atomic E-state index is -0.150. The maximum Gasteiger partial charge on any atom is 0.267 e. The average molecular weight is 230 g/mol. The van der Waals surface area contributed by atoms with Crippen LogP contribution < -0.4 is 5.32 Å². The molecule has 1 amide bonds. The number of benzene rings is 1. The van der Waals surface area contributed by atoms with Crippen molar-refractivity contribution in [3.63, 3.8) is 0 Å². The van der Waals surface area contributed by atoms with Crippen LogP contribution in [0.15, 0.2) is 42.6 Å². The van der Waals surface area contributed by atoms with Crippen molar-refractivity contribution in [2.24, 2.45) is 0 Å². The number of aliphatic hydroxyl groups is 1. The van der Waals surface area contributed by atoms with Gasteiger partial charge in [0, 0.05) is 12.7 Å². The number of rotatable bonds is 4. The predicted molar refractivity (Wildman–Crippen MR) is 64.3 cm³/mol. The number of aromatic amines is 1. The van der Waals surface area contributed by atoms with E-state index in [9.17, 15) is 4.79 Å². The van der Waals surface area contributed by atoms with Crippen molar-refractivity contribution in [2.75, 3.05) is 0 Å². The molecule has 0 saturated carbocycles. The van der Waals surface area contributed by atoms with Crippen LogP contribution >= 0.6 is 0 Å². The summed E-state index contributed by atoms with van der Waals surface area (Å²) in [6.45, 7) is 0.392. The number of aliphatic hydroxyl groups excluding tert-OH is 1. The first-order valence-corrected chi connectivity index (χ1v) is 5.40. The first-order valence-electron chi connectivity index (χ1n) is 5.40. The van der Waals surface area contributed by atoms with Crippen LogP contribution in [0.25, 0.3) is 0 Å². The number of hydrogen-bond acceptors (Lipinski definition) is 2. The van der Waals surface area contributed by atoms with E-state index in [1.54, 1.807) is 18.3 Å². The van der Waals surface area contributed by atoms with E-state index in [1.807, 2.05) is 24.3 Å². The van der Waals surface area contributed by atoms with Crippen molar-refractivity contribution in [2.45, 2.75) is 13.2 Å². The van der Waals surface area contributed by atoms with Crippen molar-refractivity contribution < 1.29 is 9.90 Å². The Morgan fingerprint density at radius 1 is 1.18 bits per heavy atom. The summed E-state index contributed by atoms with van der Waals surface area (Å²) in [6.07, 6.45) is 1.70. The summed E-state index contributed by atoms with van der Waals surface area (Å²) >= 11 is 0. The van der Waals surface area contributed by atoms with Gasteiger partial charge in [0.15, 0.2) is 0 Å². The average Bonchev–Trinajstić information content (AvgIpc) is 2.90. The van der Waals surface area contributed by atoms with Crippen molar-refractivity contribution in [1.29, 1.82) is 0 Å². The summed E-state index contributed by atoms with van der Waals surface area (Å²) in [5, 5.41) is 11.9. The van der Waals surface area contributed by atoms with Crippen LogP contribution in [0.3, 0.4) is 0 Å². The Morgan fingerprint density at radius 3 is 2.59 bits per heavy atom. The van der Waals surface area contributed by atoms with Crippen molar-refractivity contribution in [3.05, 3.63) is 59.4 Å². The minimum absolute atomic E-state index is 0.0193. The number of nitrogens with one attached hydrogen (secondary N) is 2. The molecule has 1 heterocycles. The monoisotopic (exact) mass is 230 g/mol. The van der Waals surface area contributed by atoms with Crippen LogP contribution in [-0.2, 0) is 13.2 Å². The predicted octanol–water partition coefficient (Wildman–Crippen LogP) is 1.44. The SMILES string of the molecule is O=C(NCc1ccccc1CO)c1ccc[nH]1. The Morgan fingerprint density at radius 2 is 1.94 bits per heavy atom. The molecular weight excluding hydrogens is 216 g/mol. The molecule has 0 spiro atoms. The molecule has 0 radical (unpaired) electrons. The highest BCUT2D eigenvalue weighted by Crippen LogP contribution is 2.08. The van der Waals surface area contributed by atoms with E-state index in [0.717, 1.165) is 11.1 Å². The molecule has 2 rings (SSSR count). The van der Waals surface area contributed by atoms with Crippen molar-refractivity contribution in [1.82, 2.24) is 10.3 Å². The topological polar surface area (TPSA) is 65.1 Å². The molecule has 88 valence electrons. The molecule has 0 bridgehead atoms. The lowest BCUT2D eigenvalue weighted by Gasteiger charge is -2.08. The minimum Gasteiger partial charge on any atom is -0.392 e. The zero-order valence-electron chi connectivity index (χ0n) is 9.31. The molecule has 0 aliphatic rings. The molecule has 4 heteroatoms. The molecular formula is C13H14N2O2. The van der Waals surface area contributed by atoms with Gasteiger partial charge in [-0.25, -0.2) is 0 Å². The van der Waals surface area contributed by atoms with Gasteiger partial charge in [0.05, 0.1) is 6.61 Å². The van der Waals surface area contributed by atoms with E-state index >= 15 is 0 Å². The van der Waals surface area contributed by atoms with Gasteiger partial charge >= 0.3 is 0 Å². The second-order valence-electron chi connectivity index (χ2n) is 3.69. The summed E-state index contributed by atoms with van der Waals surface area (Å²) < 4.78 is 0. The molecule has 1 aromatic carbocycles. The second kappa shape index (κ2) is 5.32. The fourth-order valence-corrected chi connectivity index (χ4v) is 1.63. The highest BCUT2D eigenvalue weighted by atomic mass is 16.3. The van der Waals surface area contributed by atoms with E-state index < -0.39 is 0 Å². The summed E-state index contributed by atoms with van der Waals surface area (Å²) in [7, 11) is 0. The van der Waals surface area contributed by atoms with Gasteiger partial charge in [0.1, 0.15) is 5.69 Å². The molecule has 2 aromatic rings. The van der Waals surface area contributed by atoms with Crippen LogP contribution in [0.5, 0.6) is 0 Å². The zero-order valence-corrected chi connectivity index (χ0v) is 9.31. The number of H-pyrrole nitrogens is 1. The summed E-state index contributed by atoms with van der Waals surface area (Å²) in [5.74, 6) is -0.150. The van der Waals surface area contributed by atoms with Gasteiger partial charge in [-0.3, -0.25) is 4.79 Å². The molecule has 0 atom stereocenters. The summed E-state index contributed by atoms with van der Waals surface area (Å²) in [4.78, 5) is 14.5. The first-order chi connectivity index (χ1) is 8.31. The fraction of sp³-hybridized carbons (Fsp3) is 0.154. The lowest BCUT2D eigenvalue weighted by atomic mass is 10.1. The maximum atomic E-state index is 11.7. The largest absolute Gasteiger partial charge is 0.392 e. The van der Waals surface area contributed by atoms with Gasteiger partial charge in [0.2, 0.25) is 0 Å². The molecule has 4 nitrogen and oxygen atoms in total. The molecule has 3 N–H and O–H groups in total. The highest BCUT2D eigenvalue weighted by Gasteiger charge is 2.06. The highest BCUT2D eigenvalue weighted by molar-refractivity contribution is 5.92. The molecule has 0 saturated heterocycles. The maximum absolute atomic E-state index is 11.7. The molecule has 17 heavy (non-hydrogen) atoms. The lowest BCUT2D eigenvalue weighted by molar-refractivity contribution is 0.0946. The van der Waals surface area contributed by atoms with E-state index in [1.165, 1.54) is 0 Å². The number of amides is 1. The fourth-order valence-electron chi connectivity index (χ4n) is 1.63. The number of carbonyl (C=O) groups excluding carboxylic acids is 1. The third-order valence-corrected chi connectivity index (χ3v) is 2.57. The second-order valence-corrected chi connectivity index (χ2v) is 3.69. The molecule has 0 aliphatic carbocycles. The Hall–Kier alpha value is -2.07. The van der Waals surface area contributed by atoms with E-state index in [-0.39, 0.29) is 12.5 Å². The van der Waals surface area contributed by atoms with E-state index in [2.05, 4.69) is 10.3 Å². The third-order valence-electron chi connectivity index (χ3n) is 2.57. The number of carbonyl (C=O) groups is 1. The van der Waals surface area contributed by atoms with Gasteiger partial charge in [0.25, 0.3) is 5.91 Å². The molecule has 0 aliphatic heterocycles. The van der Waals surface area contributed by atoms with Crippen LogP contribution in [0.1, 0.15) is 21.6 Å². The Labute approximate surface area is 99.3 Å². The first kappa shape index (κ1) is 11.4. The van der Waals surface area contributed by atoms with Crippen LogP contribution in [0.4, 0.5) is 0 Å². The van der Waals surface area contributed by atoms with Gasteiger partial charge < -0.3 is 15.4 Å². The lowest BCUT2D eigenvalue weighted by Crippen LogP contribution is -2.23. The van der Waals surface area contributed by atoms with Gasteiger partial charge in [-0.05, 0) is 23.3 Å². The third kappa shape index (κ3) is 2.73. The van der Waals surface area contributed by atoms with Crippen molar-refractivity contribution >= 4 is 5.91 Å². The zero-order chi connectivity index (χ0) is 12.1. The van der Waals surface area contributed by atoms with Gasteiger partial charge in [-0.2, -0.15) is 0 Å². The molecule has 0 unspecified atom stereocenters. The van der Waals surface area contributed by atoms with Gasteiger partial charge in [-0.15, -0.1) is 0 Å². The van der Waals surface area contributed by atoms with Crippen LogP contribution in [0, 0.1) is 0 Å². The summed E-state index contributed by atoms with van der Waals surface area (Å²) in [6, 6.07) is 11.0. The number of hydrogen-bond donors (Lipinski definition) is 3. The summed E-state index contributed by atoms with van der Waals surface area (Å²) in [5.41, 5.74) is 2.29. The Balaban J connectivity index is 2.00. The van der Waals surface area contributed by atoms with Crippen molar-refractivity contribution in [3.8, 4) is 0 Å². The Kier molecular flexibility index (Phi) is 3.57. The van der Waals surface area contributed by atoms with E-state index in [4.69, 9.17) is 5.11 Å². The Bertz CT molecular complexity index is 492. The van der Waals surface area contributed by atoms with E-state index in [0.29, 0.717) is 12.2 Å². The normalized spacial score (nSPS) is 10.2. The van der Waals surface area contributed by atoms with Crippen LogP contribution in [-0.4, -0.2) is 16.0 Å². The van der Waals surface area contributed by atoms with Gasteiger partial charge in [-0.1, -0.05) is 24.3 Å².